The molecule has 1 amide bonds. The zero-order chi connectivity index (χ0) is 12.1. The molecule has 1 unspecified atom stereocenters. The molecule has 0 bridgehead atoms. The third-order valence-electron chi connectivity index (χ3n) is 4.06. The third-order valence-corrected chi connectivity index (χ3v) is 4.06. The Hall–Kier alpha value is -0.610. The van der Waals surface area contributed by atoms with E-state index in [2.05, 4.69) is 10.6 Å². The van der Waals surface area contributed by atoms with Crippen molar-refractivity contribution in [2.45, 2.75) is 44.6 Å². The molecule has 0 radical (unpaired) electrons. The maximum atomic E-state index is 11.9. The van der Waals surface area contributed by atoms with Crippen LogP contribution in [0.1, 0.15) is 38.5 Å². The van der Waals surface area contributed by atoms with E-state index in [4.69, 9.17) is 4.74 Å². The average Bonchev–Trinajstić information content (AvgIpc) is 3.15. The molecule has 0 aromatic heterocycles. The van der Waals surface area contributed by atoms with Gasteiger partial charge in [-0.3, -0.25) is 4.79 Å². The Labute approximate surface area is 103 Å². The number of piperidine rings is 1. The van der Waals surface area contributed by atoms with Crippen molar-refractivity contribution in [1.29, 1.82) is 0 Å². The number of carbonyl (C=O) groups is 1. The molecule has 2 fully saturated rings. The summed E-state index contributed by atoms with van der Waals surface area (Å²) in [5.74, 6) is 0.188. The summed E-state index contributed by atoms with van der Waals surface area (Å²) >= 11 is 0. The Kier molecular flexibility index (Phi) is 4.40. The van der Waals surface area contributed by atoms with E-state index in [-0.39, 0.29) is 11.9 Å². The van der Waals surface area contributed by atoms with Crippen molar-refractivity contribution in [1.82, 2.24) is 10.6 Å². The summed E-state index contributed by atoms with van der Waals surface area (Å²) < 4.78 is 5.12. The molecule has 1 saturated carbocycles. The minimum Gasteiger partial charge on any atom is -0.385 e. The van der Waals surface area contributed by atoms with E-state index < -0.39 is 0 Å². The summed E-state index contributed by atoms with van der Waals surface area (Å²) in [6.07, 6.45) is 6.88. The molecule has 0 aromatic rings. The van der Waals surface area contributed by atoms with Crippen LogP contribution in [0.15, 0.2) is 0 Å². The molecule has 1 aliphatic carbocycles. The fraction of sp³-hybridized carbons (Fsp3) is 0.923. The number of nitrogens with one attached hydrogen (secondary N) is 2. The van der Waals surface area contributed by atoms with Gasteiger partial charge in [-0.1, -0.05) is 6.42 Å². The number of methoxy groups -OCH3 is 1. The first-order valence-corrected chi connectivity index (χ1v) is 6.76. The molecule has 4 heteroatoms. The molecule has 17 heavy (non-hydrogen) atoms. The first-order valence-electron chi connectivity index (χ1n) is 6.76. The van der Waals surface area contributed by atoms with E-state index in [0.717, 1.165) is 32.5 Å². The van der Waals surface area contributed by atoms with E-state index >= 15 is 0 Å². The molecule has 0 aromatic carbocycles. The van der Waals surface area contributed by atoms with Gasteiger partial charge in [-0.15, -0.1) is 0 Å². The van der Waals surface area contributed by atoms with Gasteiger partial charge in [-0.05, 0) is 44.1 Å². The number of hydrogen-bond acceptors (Lipinski definition) is 3. The van der Waals surface area contributed by atoms with Crippen molar-refractivity contribution < 1.29 is 9.53 Å². The third kappa shape index (κ3) is 3.68. The Morgan fingerprint density at radius 1 is 1.47 bits per heavy atom. The van der Waals surface area contributed by atoms with Crippen LogP contribution in [0.4, 0.5) is 0 Å². The predicted octanol–water partition coefficient (Wildman–Crippen LogP) is 1.06. The maximum absolute atomic E-state index is 11.9. The molecule has 2 aliphatic rings. The lowest BCUT2D eigenvalue weighted by atomic mass is 10.0. The quantitative estimate of drug-likeness (QED) is 0.730. The van der Waals surface area contributed by atoms with Crippen LogP contribution in [0.2, 0.25) is 0 Å². The lowest BCUT2D eigenvalue weighted by Gasteiger charge is -2.24. The maximum Gasteiger partial charge on any atom is 0.237 e. The summed E-state index contributed by atoms with van der Waals surface area (Å²) in [6.45, 7) is 2.61. The van der Waals surface area contributed by atoms with Crippen molar-refractivity contribution in [2.24, 2.45) is 5.41 Å². The molecular formula is C13H24N2O2. The van der Waals surface area contributed by atoms with Gasteiger partial charge in [-0.25, -0.2) is 0 Å². The molecule has 1 saturated heterocycles. The lowest BCUT2D eigenvalue weighted by Crippen LogP contribution is -2.47. The second kappa shape index (κ2) is 5.83. The van der Waals surface area contributed by atoms with Crippen LogP contribution in [-0.4, -0.2) is 38.8 Å². The zero-order valence-electron chi connectivity index (χ0n) is 10.8. The summed E-state index contributed by atoms with van der Waals surface area (Å²) in [4.78, 5) is 11.9. The minimum atomic E-state index is 0.0435. The number of rotatable bonds is 6. The molecule has 4 nitrogen and oxygen atoms in total. The highest BCUT2D eigenvalue weighted by Crippen LogP contribution is 2.48. The SMILES string of the molecule is COCCC1(CNC(=O)C2CCCCN2)CC1. The van der Waals surface area contributed by atoms with Crippen LogP contribution < -0.4 is 10.6 Å². The molecule has 2 N–H and O–H groups in total. The van der Waals surface area contributed by atoms with E-state index in [1.807, 2.05) is 0 Å². The van der Waals surface area contributed by atoms with Gasteiger partial charge in [0.25, 0.3) is 0 Å². The van der Waals surface area contributed by atoms with Gasteiger partial charge in [0.1, 0.15) is 0 Å². The van der Waals surface area contributed by atoms with Crippen LogP contribution in [0.5, 0.6) is 0 Å². The number of amides is 1. The Balaban J connectivity index is 1.68. The van der Waals surface area contributed by atoms with Gasteiger partial charge in [0.15, 0.2) is 0 Å². The van der Waals surface area contributed by atoms with Crippen LogP contribution in [0, 0.1) is 5.41 Å². The van der Waals surface area contributed by atoms with E-state index in [9.17, 15) is 4.79 Å². The minimum absolute atomic E-state index is 0.0435. The van der Waals surface area contributed by atoms with Crippen molar-refractivity contribution >= 4 is 5.91 Å². The van der Waals surface area contributed by atoms with E-state index in [0.29, 0.717) is 5.41 Å². The van der Waals surface area contributed by atoms with E-state index in [1.54, 1.807) is 7.11 Å². The van der Waals surface area contributed by atoms with E-state index in [1.165, 1.54) is 25.7 Å². The summed E-state index contributed by atoms with van der Waals surface area (Å²) in [5, 5.41) is 6.39. The average molecular weight is 240 g/mol. The lowest BCUT2D eigenvalue weighted by molar-refractivity contribution is -0.124. The predicted molar refractivity (Wildman–Crippen MR) is 66.8 cm³/mol. The van der Waals surface area contributed by atoms with Crippen molar-refractivity contribution in [3.63, 3.8) is 0 Å². The molecule has 1 aliphatic heterocycles. The first-order chi connectivity index (χ1) is 8.26. The van der Waals surface area contributed by atoms with Gasteiger partial charge >= 0.3 is 0 Å². The van der Waals surface area contributed by atoms with Gasteiger partial charge in [-0.2, -0.15) is 0 Å². The van der Waals surface area contributed by atoms with Crippen LogP contribution in [-0.2, 0) is 9.53 Å². The zero-order valence-corrected chi connectivity index (χ0v) is 10.8. The normalized spacial score (nSPS) is 26.5. The molecular weight excluding hydrogens is 216 g/mol. The highest BCUT2D eigenvalue weighted by molar-refractivity contribution is 5.81. The summed E-state index contributed by atoms with van der Waals surface area (Å²) in [6, 6.07) is 0.0435. The number of hydrogen-bond donors (Lipinski definition) is 2. The van der Waals surface area contributed by atoms with Crippen molar-refractivity contribution in [3.8, 4) is 0 Å². The van der Waals surface area contributed by atoms with Gasteiger partial charge in [0.05, 0.1) is 6.04 Å². The van der Waals surface area contributed by atoms with Gasteiger partial charge in [0, 0.05) is 20.3 Å². The van der Waals surface area contributed by atoms with Crippen LogP contribution in [0.3, 0.4) is 0 Å². The fourth-order valence-electron chi connectivity index (χ4n) is 2.48. The Bertz CT molecular complexity index is 258. The monoisotopic (exact) mass is 240 g/mol. The molecule has 0 spiro atoms. The first kappa shape index (κ1) is 12.8. The second-order valence-electron chi connectivity index (χ2n) is 5.46. The van der Waals surface area contributed by atoms with Crippen LogP contribution in [0.25, 0.3) is 0 Å². The number of carbonyl (C=O) groups excluding carboxylic acids is 1. The topological polar surface area (TPSA) is 50.4 Å². The molecule has 98 valence electrons. The summed E-state index contributed by atoms with van der Waals surface area (Å²) in [5.41, 5.74) is 0.348. The smallest absolute Gasteiger partial charge is 0.237 e. The van der Waals surface area contributed by atoms with Gasteiger partial charge in [0.2, 0.25) is 5.91 Å². The van der Waals surface area contributed by atoms with Crippen LogP contribution >= 0.6 is 0 Å². The van der Waals surface area contributed by atoms with Crippen molar-refractivity contribution in [3.05, 3.63) is 0 Å². The van der Waals surface area contributed by atoms with Crippen molar-refractivity contribution in [2.75, 3.05) is 26.8 Å². The standard InChI is InChI=1S/C13H24N2O2/c1-17-9-7-13(5-6-13)10-15-12(16)11-4-2-3-8-14-11/h11,14H,2-10H2,1H3,(H,15,16). The molecule has 1 heterocycles. The Morgan fingerprint density at radius 3 is 2.88 bits per heavy atom. The highest BCUT2D eigenvalue weighted by Gasteiger charge is 2.42. The van der Waals surface area contributed by atoms with Gasteiger partial charge < -0.3 is 15.4 Å². The second-order valence-corrected chi connectivity index (χ2v) is 5.46. The number of ether oxygens (including phenoxy) is 1. The highest BCUT2D eigenvalue weighted by atomic mass is 16.5. The molecule has 2 rings (SSSR count). The Morgan fingerprint density at radius 2 is 2.29 bits per heavy atom. The largest absolute Gasteiger partial charge is 0.385 e. The fourth-order valence-corrected chi connectivity index (χ4v) is 2.48. The summed E-state index contributed by atoms with van der Waals surface area (Å²) in [7, 11) is 1.74. The molecule has 1 atom stereocenters.